The van der Waals surface area contributed by atoms with Gasteiger partial charge in [-0.3, -0.25) is 4.79 Å². The molecule has 28 heavy (non-hydrogen) atoms. The zero-order valence-electron chi connectivity index (χ0n) is 15.1. The second-order valence-corrected chi connectivity index (χ2v) is 8.05. The molecule has 0 radical (unpaired) electrons. The van der Waals surface area contributed by atoms with Crippen molar-refractivity contribution in [1.82, 2.24) is 4.98 Å². The fraction of sp³-hybridized carbons (Fsp3) is 0.174. The van der Waals surface area contributed by atoms with Crippen LogP contribution in [0.4, 0.5) is 0 Å². The highest BCUT2D eigenvalue weighted by Gasteiger charge is 2.24. The van der Waals surface area contributed by atoms with Gasteiger partial charge in [0.1, 0.15) is 11.1 Å². The predicted octanol–water partition coefficient (Wildman–Crippen LogP) is 5.74. The minimum atomic E-state index is -0.00545. The van der Waals surface area contributed by atoms with Crippen molar-refractivity contribution in [2.75, 3.05) is 5.75 Å². The molecule has 0 unspecified atom stereocenters. The number of pyridine rings is 1. The van der Waals surface area contributed by atoms with Gasteiger partial charge in [0.25, 0.3) is 0 Å². The van der Waals surface area contributed by atoms with E-state index in [1.807, 2.05) is 30.3 Å². The van der Waals surface area contributed by atoms with E-state index < -0.39 is 0 Å². The van der Waals surface area contributed by atoms with Gasteiger partial charge in [0, 0.05) is 16.1 Å². The molecular weight excluding hydrogens is 388 g/mol. The molecule has 0 saturated carbocycles. The van der Waals surface area contributed by atoms with Crippen LogP contribution in [0.3, 0.4) is 0 Å². The van der Waals surface area contributed by atoms with Crippen LogP contribution in [0.5, 0.6) is 0 Å². The number of carbonyl (C=O) groups excluding carboxylic acids is 1. The van der Waals surface area contributed by atoms with Crippen molar-refractivity contribution in [1.29, 1.82) is 5.26 Å². The molecule has 2 aromatic carbocycles. The highest BCUT2D eigenvalue weighted by atomic mass is 35.5. The zero-order chi connectivity index (χ0) is 19.5. The number of ketones is 1. The summed E-state index contributed by atoms with van der Waals surface area (Å²) in [6.07, 6.45) is 2.86. The van der Waals surface area contributed by atoms with E-state index in [1.54, 1.807) is 24.3 Å². The first-order valence-corrected chi connectivity index (χ1v) is 10.5. The quantitative estimate of drug-likeness (QED) is 0.402. The lowest BCUT2D eigenvalue weighted by molar-refractivity contribution is 0.102. The highest BCUT2D eigenvalue weighted by Crippen LogP contribution is 2.37. The Balaban J connectivity index is 1.68. The zero-order valence-corrected chi connectivity index (χ0v) is 16.7. The summed E-state index contributed by atoms with van der Waals surface area (Å²) in [6.45, 7) is 0. The van der Waals surface area contributed by atoms with Gasteiger partial charge in [-0.1, -0.05) is 53.7 Å². The first-order valence-electron chi connectivity index (χ1n) is 9.10. The van der Waals surface area contributed by atoms with E-state index in [-0.39, 0.29) is 11.5 Å². The number of rotatable bonds is 5. The number of halogens is 1. The third kappa shape index (κ3) is 3.69. The van der Waals surface area contributed by atoms with E-state index in [2.05, 4.69) is 6.07 Å². The number of benzene rings is 2. The molecule has 1 aliphatic rings. The summed E-state index contributed by atoms with van der Waals surface area (Å²) in [5.41, 5.74) is 5.50. The van der Waals surface area contributed by atoms with Gasteiger partial charge in [-0.2, -0.15) is 5.26 Å². The van der Waals surface area contributed by atoms with Crippen molar-refractivity contribution in [3.8, 4) is 17.3 Å². The molecule has 0 bridgehead atoms. The molecule has 138 valence electrons. The van der Waals surface area contributed by atoms with Crippen LogP contribution in [-0.4, -0.2) is 16.5 Å². The molecule has 0 N–H and O–H groups in total. The van der Waals surface area contributed by atoms with Crippen LogP contribution >= 0.6 is 23.4 Å². The summed E-state index contributed by atoms with van der Waals surface area (Å²) in [4.78, 5) is 17.4. The third-order valence-electron chi connectivity index (χ3n) is 4.90. The Morgan fingerprint density at radius 2 is 1.79 bits per heavy atom. The van der Waals surface area contributed by atoms with Crippen molar-refractivity contribution in [3.05, 3.63) is 81.9 Å². The molecule has 1 heterocycles. The average molecular weight is 405 g/mol. The van der Waals surface area contributed by atoms with Crippen LogP contribution in [0.15, 0.2) is 59.6 Å². The summed E-state index contributed by atoms with van der Waals surface area (Å²) < 4.78 is 0. The SMILES string of the molecule is N#Cc1c(SCC(=O)c2ccc(Cl)cc2)nc(-c2ccccc2)c2c1CCC2. The monoisotopic (exact) mass is 404 g/mol. The summed E-state index contributed by atoms with van der Waals surface area (Å²) in [7, 11) is 0. The van der Waals surface area contributed by atoms with E-state index in [9.17, 15) is 10.1 Å². The number of fused-ring (bicyclic) bond motifs is 1. The van der Waals surface area contributed by atoms with Gasteiger partial charge in [-0.15, -0.1) is 0 Å². The number of hydrogen-bond donors (Lipinski definition) is 0. The van der Waals surface area contributed by atoms with Gasteiger partial charge < -0.3 is 0 Å². The van der Waals surface area contributed by atoms with Crippen molar-refractivity contribution in [2.45, 2.75) is 24.3 Å². The van der Waals surface area contributed by atoms with Crippen LogP contribution in [0.1, 0.15) is 33.5 Å². The molecule has 4 rings (SSSR count). The molecule has 1 aromatic heterocycles. The van der Waals surface area contributed by atoms with Crippen LogP contribution < -0.4 is 0 Å². The van der Waals surface area contributed by atoms with Gasteiger partial charge in [-0.25, -0.2) is 4.98 Å². The molecule has 0 fully saturated rings. The van der Waals surface area contributed by atoms with Crippen molar-refractivity contribution >= 4 is 29.1 Å². The molecule has 5 heteroatoms. The summed E-state index contributed by atoms with van der Waals surface area (Å²) >= 11 is 7.23. The maximum absolute atomic E-state index is 12.5. The number of thioether (sulfide) groups is 1. The predicted molar refractivity (Wildman–Crippen MR) is 113 cm³/mol. The van der Waals surface area contributed by atoms with Gasteiger partial charge in [0.2, 0.25) is 0 Å². The lowest BCUT2D eigenvalue weighted by atomic mass is 10.00. The number of carbonyl (C=O) groups is 1. The Kier molecular flexibility index (Phi) is 5.47. The fourth-order valence-corrected chi connectivity index (χ4v) is 4.57. The standard InChI is InChI=1S/C23H17ClN2OS/c24-17-11-9-15(10-12-17)21(27)14-28-23-20(13-25)18-7-4-8-19(18)22(26-23)16-5-2-1-3-6-16/h1-3,5-6,9-12H,4,7-8,14H2. The molecule has 0 saturated heterocycles. The number of aromatic nitrogens is 1. The molecule has 3 aromatic rings. The number of nitrogens with zero attached hydrogens (tertiary/aromatic N) is 2. The maximum Gasteiger partial charge on any atom is 0.173 e. The molecule has 0 atom stereocenters. The topological polar surface area (TPSA) is 53.8 Å². The van der Waals surface area contributed by atoms with Crippen molar-refractivity contribution in [3.63, 3.8) is 0 Å². The second-order valence-electron chi connectivity index (χ2n) is 6.65. The first-order chi connectivity index (χ1) is 13.7. The average Bonchev–Trinajstić information content (AvgIpc) is 3.22. The third-order valence-corrected chi connectivity index (χ3v) is 6.13. The summed E-state index contributed by atoms with van der Waals surface area (Å²) in [6, 6.07) is 19.3. The molecule has 0 spiro atoms. The van der Waals surface area contributed by atoms with Gasteiger partial charge in [0.15, 0.2) is 5.78 Å². The van der Waals surface area contributed by atoms with Gasteiger partial charge in [0.05, 0.1) is 17.0 Å². The van der Waals surface area contributed by atoms with E-state index in [4.69, 9.17) is 16.6 Å². The number of hydrogen-bond acceptors (Lipinski definition) is 4. The summed E-state index contributed by atoms with van der Waals surface area (Å²) in [5.74, 6) is 0.227. The fourth-order valence-electron chi connectivity index (χ4n) is 3.54. The molecule has 0 aliphatic heterocycles. The van der Waals surface area contributed by atoms with Crippen LogP contribution in [-0.2, 0) is 12.8 Å². The minimum Gasteiger partial charge on any atom is -0.293 e. The second kappa shape index (κ2) is 8.18. The van der Waals surface area contributed by atoms with Crippen LogP contribution in [0.2, 0.25) is 5.02 Å². The Labute approximate surface area is 173 Å². The van der Waals surface area contributed by atoms with E-state index in [1.165, 1.54) is 17.3 Å². The van der Waals surface area contributed by atoms with Crippen molar-refractivity contribution < 1.29 is 4.79 Å². The largest absolute Gasteiger partial charge is 0.293 e. The van der Waals surface area contributed by atoms with Crippen LogP contribution in [0, 0.1) is 11.3 Å². The Morgan fingerprint density at radius 1 is 1.07 bits per heavy atom. The molecular formula is C23H17ClN2OS. The van der Waals surface area contributed by atoms with Crippen LogP contribution in [0.25, 0.3) is 11.3 Å². The van der Waals surface area contributed by atoms with Crippen molar-refractivity contribution in [2.24, 2.45) is 0 Å². The van der Waals surface area contributed by atoms with E-state index in [0.29, 0.717) is 21.2 Å². The highest BCUT2D eigenvalue weighted by molar-refractivity contribution is 8.00. The maximum atomic E-state index is 12.5. The lowest BCUT2D eigenvalue weighted by Crippen LogP contribution is -2.05. The van der Waals surface area contributed by atoms with E-state index in [0.717, 1.165) is 36.1 Å². The molecule has 1 aliphatic carbocycles. The normalized spacial score (nSPS) is 12.4. The smallest absolute Gasteiger partial charge is 0.173 e. The Bertz CT molecular complexity index is 1070. The Hall–Kier alpha value is -2.61. The molecule has 0 amide bonds. The van der Waals surface area contributed by atoms with Gasteiger partial charge in [-0.05, 0) is 54.7 Å². The Morgan fingerprint density at radius 3 is 2.50 bits per heavy atom. The van der Waals surface area contributed by atoms with Gasteiger partial charge >= 0.3 is 0 Å². The lowest BCUT2D eigenvalue weighted by Gasteiger charge is -2.13. The number of nitriles is 1. The minimum absolute atomic E-state index is 0.00545. The number of Topliss-reactive ketones (excluding diaryl/α,β-unsaturated/α-hetero) is 1. The summed E-state index contributed by atoms with van der Waals surface area (Å²) in [5, 5.41) is 11.0. The van der Waals surface area contributed by atoms with E-state index >= 15 is 0 Å². The first kappa shape index (κ1) is 18.7. The molecule has 3 nitrogen and oxygen atoms in total.